The van der Waals surface area contributed by atoms with Crippen molar-refractivity contribution in [1.29, 1.82) is 0 Å². The van der Waals surface area contributed by atoms with E-state index in [0.717, 1.165) is 19.5 Å². The number of hydrogen-bond acceptors (Lipinski definition) is 7. The fourth-order valence-corrected chi connectivity index (χ4v) is 1.92. The van der Waals surface area contributed by atoms with Crippen LogP contribution in [-0.2, 0) is 0 Å². The Kier molecular flexibility index (Phi) is 5.44. The number of aliphatic hydroxyl groups is 1. The lowest BCUT2D eigenvalue weighted by Crippen LogP contribution is -2.30. The van der Waals surface area contributed by atoms with Gasteiger partial charge in [-0.2, -0.15) is 20.1 Å². The van der Waals surface area contributed by atoms with Crippen molar-refractivity contribution in [2.24, 2.45) is 0 Å². The molecule has 0 spiro atoms. The highest BCUT2D eigenvalue weighted by molar-refractivity contribution is 5.40. The van der Waals surface area contributed by atoms with E-state index in [1.165, 1.54) is 0 Å². The predicted molar refractivity (Wildman–Crippen MR) is 80.7 cm³/mol. The van der Waals surface area contributed by atoms with Crippen molar-refractivity contribution in [3.8, 4) is 5.95 Å². The maximum Gasteiger partial charge on any atom is 0.257 e. The summed E-state index contributed by atoms with van der Waals surface area (Å²) in [6.07, 6.45) is 4.40. The van der Waals surface area contributed by atoms with Crippen LogP contribution in [0.25, 0.3) is 5.95 Å². The molecule has 0 aromatic carbocycles. The molecule has 0 unspecified atom stereocenters. The fraction of sp³-hybridized carbons (Fsp3) is 0.538. The summed E-state index contributed by atoms with van der Waals surface area (Å²) in [4.78, 5) is 15.1. The SMILES string of the molecule is CCCN(CCO)c1nc(NCC)nc(-n2cccn2)n1. The standard InChI is InChI=1S/C13H21N7O/c1-3-7-19(9-10-21)12-16-11(14-4-2)17-13(18-12)20-8-5-6-15-20/h5-6,8,21H,3-4,7,9-10H2,1-2H3,(H,14,16,17,18). The Morgan fingerprint density at radius 1 is 1.24 bits per heavy atom. The van der Waals surface area contributed by atoms with Crippen molar-refractivity contribution in [2.75, 3.05) is 36.5 Å². The van der Waals surface area contributed by atoms with Gasteiger partial charge in [0, 0.05) is 32.0 Å². The molecule has 2 rings (SSSR count). The van der Waals surface area contributed by atoms with Crippen LogP contribution in [0.1, 0.15) is 20.3 Å². The van der Waals surface area contributed by atoms with Gasteiger partial charge in [-0.25, -0.2) is 4.68 Å². The largest absolute Gasteiger partial charge is 0.395 e. The minimum Gasteiger partial charge on any atom is -0.395 e. The first-order valence-electron chi connectivity index (χ1n) is 7.14. The topological polar surface area (TPSA) is 92.0 Å². The predicted octanol–water partition coefficient (Wildman–Crippen LogP) is 0.698. The Morgan fingerprint density at radius 3 is 2.71 bits per heavy atom. The van der Waals surface area contributed by atoms with Gasteiger partial charge < -0.3 is 15.3 Å². The van der Waals surface area contributed by atoms with E-state index in [-0.39, 0.29) is 6.61 Å². The third-order valence-electron chi connectivity index (χ3n) is 2.80. The Hall–Kier alpha value is -2.22. The first-order valence-corrected chi connectivity index (χ1v) is 7.14. The maximum atomic E-state index is 9.20. The molecule has 2 heterocycles. The highest BCUT2D eigenvalue weighted by Gasteiger charge is 2.13. The van der Waals surface area contributed by atoms with Gasteiger partial charge in [0.05, 0.1) is 6.61 Å². The van der Waals surface area contributed by atoms with Crippen LogP contribution in [0.15, 0.2) is 18.5 Å². The second-order valence-electron chi connectivity index (χ2n) is 4.45. The summed E-state index contributed by atoms with van der Waals surface area (Å²) in [6, 6.07) is 1.81. The number of rotatable bonds is 8. The van der Waals surface area contributed by atoms with E-state index in [0.29, 0.717) is 24.4 Å². The van der Waals surface area contributed by atoms with E-state index in [1.807, 2.05) is 17.9 Å². The van der Waals surface area contributed by atoms with Gasteiger partial charge in [0.2, 0.25) is 11.9 Å². The molecule has 0 amide bonds. The molecule has 114 valence electrons. The summed E-state index contributed by atoms with van der Waals surface area (Å²) < 4.78 is 1.59. The zero-order valence-corrected chi connectivity index (χ0v) is 12.4. The molecule has 0 saturated carbocycles. The zero-order valence-electron chi connectivity index (χ0n) is 12.4. The van der Waals surface area contributed by atoms with Gasteiger partial charge in [0.25, 0.3) is 5.95 Å². The van der Waals surface area contributed by atoms with Gasteiger partial charge in [-0.1, -0.05) is 6.92 Å². The van der Waals surface area contributed by atoms with Crippen LogP contribution in [0.5, 0.6) is 0 Å². The van der Waals surface area contributed by atoms with Crippen molar-refractivity contribution in [1.82, 2.24) is 24.7 Å². The molecule has 8 nitrogen and oxygen atoms in total. The average molecular weight is 291 g/mol. The fourth-order valence-electron chi connectivity index (χ4n) is 1.92. The minimum absolute atomic E-state index is 0.0549. The van der Waals surface area contributed by atoms with E-state index in [1.54, 1.807) is 17.1 Å². The monoisotopic (exact) mass is 291 g/mol. The summed E-state index contributed by atoms with van der Waals surface area (Å²) in [5, 5.41) is 16.4. The molecule has 2 N–H and O–H groups in total. The second kappa shape index (κ2) is 7.53. The average Bonchev–Trinajstić information content (AvgIpc) is 3.01. The van der Waals surface area contributed by atoms with E-state index < -0.39 is 0 Å². The number of aromatic nitrogens is 5. The normalized spacial score (nSPS) is 10.6. The van der Waals surface area contributed by atoms with Crippen LogP contribution in [0.3, 0.4) is 0 Å². The third-order valence-corrected chi connectivity index (χ3v) is 2.80. The number of nitrogens with one attached hydrogen (secondary N) is 1. The molecule has 21 heavy (non-hydrogen) atoms. The second-order valence-corrected chi connectivity index (χ2v) is 4.45. The first kappa shape index (κ1) is 15.2. The molecule has 0 atom stereocenters. The minimum atomic E-state index is 0.0549. The summed E-state index contributed by atoms with van der Waals surface area (Å²) in [5.41, 5.74) is 0. The van der Waals surface area contributed by atoms with Crippen molar-refractivity contribution in [3.05, 3.63) is 18.5 Å². The number of hydrogen-bond donors (Lipinski definition) is 2. The van der Waals surface area contributed by atoms with Crippen molar-refractivity contribution < 1.29 is 5.11 Å². The number of nitrogens with zero attached hydrogens (tertiary/aromatic N) is 6. The van der Waals surface area contributed by atoms with Gasteiger partial charge >= 0.3 is 0 Å². The molecule has 2 aromatic heterocycles. The van der Waals surface area contributed by atoms with E-state index in [9.17, 15) is 5.11 Å². The molecule has 0 fully saturated rings. The summed E-state index contributed by atoms with van der Waals surface area (Å²) >= 11 is 0. The first-order chi connectivity index (χ1) is 10.3. The van der Waals surface area contributed by atoms with Gasteiger partial charge in [-0.05, 0) is 19.4 Å². The van der Waals surface area contributed by atoms with Crippen LogP contribution in [0, 0.1) is 0 Å². The quantitative estimate of drug-likeness (QED) is 0.739. The highest BCUT2D eigenvalue weighted by Crippen LogP contribution is 2.13. The lowest BCUT2D eigenvalue weighted by Gasteiger charge is -2.21. The van der Waals surface area contributed by atoms with Gasteiger partial charge in [0.1, 0.15) is 0 Å². The summed E-state index contributed by atoms with van der Waals surface area (Å²) in [6.45, 7) is 6.09. The molecule has 0 aliphatic heterocycles. The molecule has 2 aromatic rings. The van der Waals surface area contributed by atoms with Crippen LogP contribution in [-0.4, -0.2) is 56.1 Å². The lowest BCUT2D eigenvalue weighted by atomic mass is 10.4. The molecule has 0 aliphatic rings. The van der Waals surface area contributed by atoms with Gasteiger partial charge in [-0.15, -0.1) is 0 Å². The summed E-state index contributed by atoms with van der Waals surface area (Å²) in [7, 11) is 0. The molecule has 0 radical (unpaired) electrons. The Balaban J connectivity index is 2.38. The Morgan fingerprint density at radius 2 is 2.10 bits per heavy atom. The van der Waals surface area contributed by atoms with Crippen LogP contribution >= 0.6 is 0 Å². The van der Waals surface area contributed by atoms with Crippen molar-refractivity contribution >= 4 is 11.9 Å². The Labute approximate surface area is 123 Å². The summed E-state index contributed by atoms with van der Waals surface area (Å²) in [5.74, 6) is 1.51. The number of anilines is 2. The smallest absolute Gasteiger partial charge is 0.257 e. The van der Waals surface area contributed by atoms with Crippen LogP contribution < -0.4 is 10.2 Å². The molecule has 8 heteroatoms. The zero-order chi connectivity index (χ0) is 15.1. The van der Waals surface area contributed by atoms with E-state index in [4.69, 9.17) is 0 Å². The maximum absolute atomic E-state index is 9.20. The third kappa shape index (κ3) is 3.88. The lowest BCUT2D eigenvalue weighted by molar-refractivity contribution is 0.301. The van der Waals surface area contributed by atoms with Gasteiger partial charge in [-0.3, -0.25) is 0 Å². The van der Waals surface area contributed by atoms with E-state index in [2.05, 4.69) is 32.3 Å². The Bertz CT molecular complexity index is 537. The molecular weight excluding hydrogens is 270 g/mol. The van der Waals surface area contributed by atoms with Crippen molar-refractivity contribution in [3.63, 3.8) is 0 Å². The van der Waals surface area contributed by atoms with Crippen LogP contribution in [0.4, 0.5) is 11.9 Å². The molecule has 0 bridgehead atoms. The molecule has 0 saturated heterocycles. The van der Waals surface area contributed by atoms with Crippen molar-refractivity contribution in [2.45, 2.75) is 20.3 Å². The molecular formula is C13H21N7O. The number of aliphatic hydroxyl groups excluding tert-OH is 1. The highest BCUT2D eigenvalue weighted by atomic mass is 16.3. The van der Waals surface area contributed by atoms with E-state index >= 15 is 0 Å². The molecule has 0 aliphatic carbocycles. The van der Waals surface area contributed by atoms with Gasteiger partial charge in [0.15, 0.2) is 0 Å². The van der Waals surface area contributed by atoms with Crippen LogP contribution in [0.2, 0.25) is 0 Å².